The molecule has 1 aromatic rings. The van der Waals surface area contributed by atoms with Gasteiger partial charge in [0, 0.05) is 6.20 Å². The molecule has 4 heteroatoms. The zero-order valence-electron chi connectivity index (χ0n) is 8.42. The van der Waals surface area contributed by atoms with Crippen molar-refractivity contribution < 1.29 is 5.11 Å². The van der Waals surface area contributed by atoms with Crippen molar-refractivity contribution in [1.82, 2.24) is 4.98 Å². The Bertz CT molecular complexity index is 300. The third-order valence-electron chi connectivity index (χ3n) is 2.03. The van der Waals surface area contributed by atoms with Crippen molar-refractivity contribution in [3.8, 4) is 0 Å². The number of anilines is 1. The predicted octanol–water partition coefficient (Wildman–Crippen LogP) is 2.34. The Morgan fingerprint density at radius 2 is 2.36 bits per heavy atom. The molecule has 2 N–H and O–H groups in total. The molecule has 0 spiro atoms. The summed E-state index contributed by atoms with van der Waals surface area (Å²) >= 11 is 3.43. The molecule has 0 radical (unpaired) electrons. The molecule has 3 nitrogen and oxygen atoms in total. The number of nitrogens with one attached hydrogen (secondary N) is 1. The molecule has 0 saturated carbocycles. The molecule has 0 aliphatic heterocycles. The molecule has 0 amide bonds. The quantitative estimate of drug-likeness (QED) is 0.872. The average molecular weight is 259 g/mol. The van der Waals surface area contributed by atoms with E-state index in [4.69, 9.17) is 5.11 Å². The predicted molar refractivity (Wildman–Crippen MR) is 61.5 cm³/mol. The van der Waals surface area contributed by atoms with Crippen LogP contribution in [0.1, 0.15) is 18.9 Å². The number of pyridine rings is 1. The fraction of sp³-hybridized carbons (Fsp3) is 0.500. The molecule has 0 aliphatic rings. The van der Waals surface area contributed by atoms with Crippen molar-refractivity contribution in [2.24, 2.45) is 0 Å². The van der Waals surface area contributed by atoms with Gasteiger partial charge in [0.1, 0.15) is 5.82 Å². The minimum absolute atomic E-state index is 0.0708. The maximum atomic E-state index is 9.03. The van der Waals surface area contributed by atoms with Crippen LogP contribution in [0.2, 0.25) is 0 Å². The second-order valence-corrected chi connectivity index (χ2v) is 4.13. The van der Waals surface area contributed by atoms with E-state index in [9.17, 15) is 0 Å². The Balaban J connectivity index is 2.76. The van der Waals surface area contributed by atoms with Gasteiger partial charge in [-0.15, -0.1) is 0 Å². The molecule has 0 aliphatic carbocycles. The lowest BCUT2D eigenvalue weighted by Gasteiger charge is -2.15. The summed E-state index contributed by atoms with van der Waals surface area (Å²) < 4.78 is 0.935. The highest BCUT2D eigenvalue weighted by molar-refractivity contribution is 9.10. The van der Waals surface area contributed by atoms with Crippen LogP contribution in [0.25, 0.3) is 0 Å². The number of aliphatic hydroxyl groups is 1. The fourth-order valence-electron chi connectivity index (χ4n) is 1.11. The third kappa shape index (κ3) is 2.96. The largest absolute Gasteiger partial charge is 0.394 e. The van der Waals surface area contributed by atoms with Crippen LogP contribution in [-0.2, 0) is 0 Å². The molecular formula is C10H15BrN2O. The molecule has 1 rings (SSSR count). The summed E-state index contributed by atoms with van der Waals surface area (Å²) in [7, 11) is 0. The van der Waals surface area contributed by atoms with E-state index in [-0.39, 0.29) is 12.6 Å². The Morgan fingerprint density at radius 3 is 2.86 bits per heavy atom. The number of aliphatic hydroxyl groups excluding tert-OH is 1. The van der Waals surface area contributed by atoms with Gasteiger partial charge in [-0.3, -0.25) is 0 Å². The molecule has 0 aromatic carbocycles. The number of rotatable bonds is 4. The standard InChI is InChI=1S/C10H15BrN2O/c1-3-8(6-14)13-10-9(11)4-7(2)5-12-10/h4-5,8,14H,3,6H2,1-2H3,(H,12,13)/t8-/m0/s1. The molecule has 0 unspecified atom stereocenters. The topological polar surface area (TPSA) is 45.1 Å². The van der Waals surface area contributed by atoms with Crippen LogP contribution in [-0.4, -0.2) is 22.7 Å². The fourth-order valence-corrected chi connectivity index (χ4v) is 1.69. The number of hydrogen-bond acceptors (Lipinski definition) is 3. The SMILES string of the molecule is CC[C@@H](CO)Nc1ncc(C)cc1Br. The van der Waals surface area contributed by atoms with E-state index in [0.717, 1.165) is 22.3 Å². The molecule has 0 bridgehead atoms. The van der Waals surface area contributed by atoms with Crippen molar-refractivity contribution in [3.63, 3.8) is 0 Å². The van der Waals surface area contributed by atoms with Gasteiger partial charge in [-0.1, -0.05) is 6.92 Å². The first-order valence-corrected chi connectivity index (χ1v) is 5.46. The molecule has 0 saturated heterocycles. The van der Waals surface area contributed by atoms with Gasteiger partial charge >= 0.3 is 0 Å². The van der Waals surface area contributed by atoms with E-state index in [1.54, 1.807) is 6.20 Å². The van der Waals surface area contributed by atoms with Crippen molar-refractivity contribution in [3.05, 3.63) is 22.3 Å². The lowest BCUT2D eigenvalue weighted by molar-refractivity contribution is 0.271. The minimum Gasteiger partial charge on any atom is -0.394 e. The number of aromatic nitrogens is 1. The summed E-state index contributed by atoms with van der Waals surface area (Å²) in [5, 5.41) is 12.2. The highest BCUT2D eigenvalue weighted by atomic mass is 79.9. The maximum absolute atomic E-state index is 9.03. The van der Waals surface area contributed by atoms with Crippen LogP contribution in [0.15, 0.2) is 16.7 Å². The molecule has 14 heavy (non-hydrogen) atoms. The second-order valence-electron chi connectivity index (χ2n) is 3.28. The van der Waals surface area contributed by atoms with Crippen LogP contribution in [0, 0.1) is 6.92 Å². The first-order chi connectivity index (χ1) is 6.67. The Hall–Kier alpha value is -0.610. The summed E-state index contributed by atoms with van der Waals surface area (Å²) in [6.07, 6.45) is 2.68. The molecule has 1 heterocycles. The summed E-state index contributed by atoms with van der Waals surface area (Å²) in [6.45, 7) is 4.14. The van der Waals surface area contributed by atoms with Crippen molar-refractivity contribution in [1.29, 1.82) is 0 Å². The van der Waals surface area contributed by atoms with Crippen LogP contribution in [0.5, 0.6) is 0 Å². The van der Waals surface area contributed by atoms with Gasteiger partial charge in [0.2, 0.25) is 0 Å². The van der Waals surface area contributed by atoms with Gasteiger partial charge in [0.25, 0.3) is 0 Å². The highest BCUT2D eigenvalue weighted by Crippen LogP contribution is 2.21. The molecule has 0 fully saturated rings. The summed E-state index contributed by atoms with van der Waals surface area (Å²) in [6, 6.07) is 2.07. The summed E-state index contributed by atoms with van der Waals surface area (Å²) in [5.41, 5.74) is 1.11. The molecule has 1 aromatic heterocycles. The lowest BCUT2D eigenvalue weighted by atomic mass is 10.2. The van der Waals surface area contributed by atoms with E-state index < -0.39 is 0 Å². The summed E-state index contributed by atoms with van der Waals surface area (Å²) in [5.74, 6) is 0.788. The zero-order valence-corrected chi connectivity index (χ0v) is 10.0. The van der Waals surface area contributed by atoms with E-state index >= 15 is 0 Å². The van der Waals surface area contributed by atoms with Crippen LogP contribution >= 0.6 is 15.9 Å². The number of halogens is 1. The van der Waals surface area contributed by atoms with Crippen LogP contribution in [0.4, 0.5) is 5.82 Å². The van der Waals surface area contributed by atoms with Gasteiger partial charge in [-0.2, -0.15) is 0 Å². The third-order valence-corrected chi connectivity index (χ3v) is 2.64. The first kappa shape index (κ1) is 11.5. The van der Waals surface area contributed by atoms with Crippen molar-refractivity contribution >= 4 is 21.7 Å². The van der Waals surface area contributed by atoms with E-state index in [1.165, 1.54) is 0 Å². The average Bonchev–Trinajstić information content (AvgIpc) is 2.17. The van der Waals surface area contributed by atoms with Gasteiger partial charge in [-0.25, -0.2) is 4.98 Å². The number of aryl methyl sites for hydroxylation is 1. The van der Waals surface area contributed by atoms with Gasteiger partial charge in [0.05, 0.1) is 17.1 Å². The molecule has 1 atom stereocenters. The van der Waals surface area contributed by atoms with E-state index in [2.05, 4.69) is 26.2 Å². The van der Waals surface area contributed by atoms with E-state index in [1.807, 2.05) is 19.9 Å². The van der Waals surface area contributed by atoms with Gasteiger partial charge < -0.3 is 10.4 Å². The maximum Gasteiger partial charge on any atom is 0.140 e. The number of nitrogens with zero attached hydrogens (tertiary/aromatic N) is 1. The van der Waals surface area contributed by atoms with Crippen LogP contribution < -0.4 is 5.32 Å². The Morgan fingerprint density at radius 1 is 1.64 bits per heavy atom. The summed E-state index contributed by atoms with van der Waals surface area (Å²) in [4.78, 5) is 4.24. The van der Waals surface area contributed by atoms with Gasteiger partial charge in [-0.05, 0) is 40.9 Å². The monoisotopic (exact) mass is 258 g/mol. The van der Waals surface area contributed by atoms with Crippen LogP contribution in [0.3, 0.4) is 0 Å². The smallest absolute Gasteiger partial charge is 0.140 e. The van der Waals surface area contributed by atoms with Crippen molar-refractivity contribution in [2.45, 2.75) is 26.3 Å². The number of hydrogen-bond donors (Lipinski definition) is 2. The Kier molecular flexibility index (Phi) is 4.35. The zero-order chi connectivity index (χ0) is 10.6. The minimum atomic E-state index is 0.0708. The normalized spacial score (nSPS) is 12.6. The molecule has 78 valence electrons. The highest BCUT2D eigenvalue weighted by Gasteiger charge is 2.07. The molecular weight excluding hydrogens is 244 g/mol. The first-order valence-electron chi connectivity index (χ1n) is 4.67. The second kappa shape index (κ2) is 5.32. The lowest BCUT2D eigenvalue weighted by Crippen LogP contribution is -2.23. The Labute approximate surface area is 92.7 Å². The van der Waals surface area contributed by atoms with Crippen molar-refractivity contribution in [2.75, 3.05) is 11.9 Å². The van der Waals surface area contributed by atoms with Gasteiger partial charge in [0.15, 0.2) is 0 Å². The van der Waals surface area contributed by atoms with E-state index in [0.29, 0.717) is 0 Å².